The number of carbonyl (C=O) groups is 4. The number of carboxylic acids is 2. The topological polar surface area (TPSA) is 468 Å². The monoisotopic (exact) mass is 973 g/mol. The van der Waals surface area contributed by atoms with Crippen molar-refractivity contribution in [2.45, 2.75) is 137 Å². The van der Waals surface area contributed by atoms with Gasteiger partial charge in [-0.3, -0.25) is 23.4 Å². The lowest BCUT2D eigenvalue weighted by molar-refractivity contribution is -0.777. The van der Waals surface area contributed by atoms with Gasteiger partial charge in [0.15, 0.2) is 37.5 Å². The van der Waals surface area contributed by atoms with Crippen LogP contribution in [0, 0.1) is 0 Å². The molecule has 33 heteroatoms. The summed E-state index contributed by atoms with van der Waals surface area (Å²) in [5, 5.41) is 117. The predicted molar refractivity (Wildman–Crippen MR) is 186 cm³/mol. The molecule has 4 fully saturated rings. The van der Waals surface area contributed by atoms with Crippen LogP contribution >= 0.6 is 12.3 Å². The molecule has 2 amide bonds. The highest BCUT2D eigenvalue weighted by Gasteiger charge is 2.58. The van der Waals surface area contributed by atoms with Crippen molar-refractivity contribution in [3.05, 3.63) is 12.7 Å². The van der Waals surface area contributed by atoms with E-state index in [0.717, 1.165) is 13.8 Å². The molecule has 0 aliphatic carbocycles. The van der Waals surface area contributed by atoms with Crippen molar-refractivity contribution >= 4 is 46.5 Å². The minimum absolute atomic E-state index is 0.222. The molecule has 20 atom stereocenters. The van der Waals surface area contributed by atoms with Crippen molar-refractivity contribution in [2.24, 2.45) is 0 Å². The fourth-order valence-corrected chi connectivity index (χ4v) is 7.87. The van der Waals surface area contributed by atoms with Crippen molar-refractivity contribution in [3.63, 3.8) is 0 Å². The van der Waals surface area contributed by atoms with Gasteiger partial charge in [-0.1, -0.05) is 6.08 Å². The molecule has 0 spiro atoms. The number of aliphatic hydroxyl groups is 7. The zero-order valence-corrected chi connectivity index (χ0v) is 34.6. The maximum atomic E-state index is 12.7. The van der Waals surface area contributed by atoms with Crippen LogP contribution in [0.4, 0.5) is 0 Å². The highest BCUT2D eigenvalue weighted by molar-refractivity contribution is 7.89. The molecule has 64 heavy (non-hydrogen) atoms. The van der Waals surface area contributed by atoms with Gasteiger partial charge in [0, 0.05) is 13.8 Å². The maximum absolute atomic E-state index is 12.7. The number of aliphatic carboxylic acids is 2. The zero-order valence-electron chi connectivity index (χ0n) is 32.9. The standard InChI is InChI=1S/C31H48N2O29S2/c1-4-5-51-28-12(32-8(2)36)22(20(11(7-35)52-28)60-64(48,49)50)55-31-18(42)16(40)23(25(58-31)27(45)46)56-29-13(33-9(3)37)21(19(10(6-34)53-29)59-63-62-61-47)54-30-17(41)14(38)15(39)24(57-30)26(43)44/h4,10-25,28-31,34-35,38-42,47H,1,5-7H2,2-3H3,(H,32,36)(H,33,37)(H,43,44)(H,45,46)(H,48,49,50)/p-3. The molecule has 0 radical (unpaired) electrons. The first kappa shape index (κ1) is 53.7. The van der Waals surface area contributed by atoms with Crippen LogP contribution in [-0.2, 0) is 85.2 Å². The third-order valence-electron chi connectivity index (χ3n) is 9.66. The number of aliphatic hydroxyl groups excluding tert-OH is 7. The van der Waals surface area contributed by atoms with Crippen molar-refractivity contribution in [1.29, 1.82) is 0 Å². The Morgan fingerprint density at radius 3 is 1.67 bits per heavy atom. The summed E-state index contributed by atoms with van der Waals surface area (Å²) >= 11 is -0.222. The molecule has 0 bridgehead atoms. The lowest BCUT2D eigenvalue weighted by Gasteiger charge is -2.51. The van der Waals surface area contributed by atoms with Gasteiger partial charge < -0.3 is 109 Å². The van der Waals surface area contributed by atoms with Gasteiger partial charge in [0.2, 0.25) is 11.8 Å². The molecule has 368 valence electrons. The number of rotatable bonds is 21. The Bertz CT molecular complexity index is 1700. The Hall–Kier alpha value is -2.92. The summed E-state index contributed by atoms with van der Waals surface area (Å²) in [5.74, 6) is -6.17. The first-order valence-corrected chi connectivity index (χ1v) is 20.4. The second kappa shape index (κ2) is 23.7. The third-order valence-corrected chi connectivity index (χ3v) is 10.5. The van der Waals surface area contributed by atoms with Gasteiger partial charge in [0.05, 0.1) is 31.8 Å². The number of carbonyl (C=O) groups excluding carboxylic acids is 4. The summed E-state index contributed by atoms with van der Waals surface area (Å²) < 4.78 is 92.1. The Balaban J connectivity index is 1.73. The molecular formula is C31H45N2O29S2-3. The van der Waals surface area contributed by atoms with Gasteiger partial charge in [0.1, 0.15) is 97.5 Å². The molecule has 4 saturated heterocycles. The van der Waals surface area contributed by atoms with E-state index in [1.54, 1.807) is 0 Å². The molecular weight excluding hydrogens is 928 g/mol. The minimum Gasteiger partial charge on any atom is -0.691 e. The number of amides is 2. The number of ether oxygens (including phenoxy) is 8. The Morgan fingerprint density at radius 1 is 0.688 bits per heavy atom. The van der Waals surface area contributed by atoms with Gasteiger partial charge >= 0.3 is 10.4 Å². The maximum Gasteiger partial charge on any atom is 0.397 e. The van der Waals surface area contributed by atoms with E-state index < -0.39 is 170 Å². The van der Waals surface area contributed by atoms with Crippen LogP contribution in [0.1, 0.15) is 13.8 Å². The summed E-state index contributed by atoms with van der Waals surface area (Å²) in [5.41, 5.74) is 0. The molecule has 4 rings (SSSR count). The lowest BCUT2D eigenvalue weighted by atomic mass is 9.94. The predicted octanol–water partition coefficient (Wildman–Crippen LogP) is -11.1. The van der Waals surface area contributed by atoms with Gasteiger partial charge in [-0.2, -0.15) is 8.42 Å². The highest BCUT2D eigenvalue weighted by atomic mass is 32.3. The first-order valence-electron chi connectivity index (χ1n) is 18.4. The Morgan fingerprint density at radius 2 is 1.17 bits per heavy atom. The SMILES string of the molecule is C=CCOC1OC(CO)C(OS(=O)(=O)O)C(OC2OC(C(=O)[O-])C(OC3OC(CO)C(OSOO[O-])C(OC4OC(C(=O)[O-])C(O)C(O)C4O)C3NC(C)=O)C(O)C2O)C1NC(C)=O. The summed E-state index contributed by atoms with van der Waals surface area (Å²) in [4.78, 5) is 49.3. The third kappa shape index (κ3) is 13.2. The van der Waals surface area contributed by atoms with Crippen LogP contribution < -0.4 is 26.1 Å². The highest BCUT2D eigenvalue weighted by Crippen LogP contribution is 2.37. The number of nitrogens with one attached hydrogen (secondary N) is 2. The Labute approximate surface area is 364 Å². The second-order valence-corrected chi connectivity index (χ2v) is 15.5. The molecule has 31 nitrogen and oxygen atoms in total. The molecule has 0 saturated carbocycles. The van der Waals surface area contributed by atoms with E-state index in [1.165, 1.54) is 6.08 Å². The van der Waals surface area contributed by atoms with Crippen LogP contribution in [0.3, 0.4) is 0 Å². The normalized spacial score (nSPS) is 40.5. The van der Waals surface area contributed by atoms with Crippen LogP contribution in [0.15, 0.2) is 12.7 Å². The van der Waals surface area contributed by atoms with Gasteiger partial charge in [-0.25, -0.2) is 4.18 Å². The van der Waals surface area contributed by atoms with E-state index in [4.69, 9.17) is 46.3 Å². The quantitative estimate of drug-likeness (QED) is 0.0127. The Kier molecular flexibility index (Phi) is 19.9. The van der Waals surface area contributed by atoms with E-state index in [1.807, 2.05) is 0 Å². The lowest BCUT2D eigenvalue weighted by Crippen LogP contribution is -2.71. The zero-order chi connectivity index (χ0) is 47.8. The molecule has 4 aliphatic rings. The summed E-state index contributed by atoms with van der Waals surface area (Å²) in [6, 6.07) is -3.66. The average Bonchev–Trinajstić information content (AvgIpc) is 3.21. The molecule has 20 unspecified atom stereocenters. The smallest absolute Gasteiger partial charge is 0.397 e. The fourth-order valence-electron chi connectivity index (χ4n) is 6.98. The first-order chi connectivity index (χ1) is 30.1. The van der Waals surface area contributed by atoms with Gasteiger partial charge in [-0.15, -0.1) is 10.9 Å². The van der Waals surface area contributed by atoms with Crippen LogP contribution in [0.25, 0.3) is 0 Å². The summed E-state index contributed by atoms with van der Waals surface area (Å²) in [6.45, 7) is 2.82. The molecule has 10 N–H and O–H groups in total. The fraction of sp³-hybridized carbons (Fsp3) is 0.806. The summed E-state index contributed by atoms with van der Waals surface area (Å²) in [6.07, 6.45) is -38.2. The number of hydrogen-bond acceptors (Lipinski definition) is 29. The van der Waals surface area contributed by atoms with E-state index in [9.17, 15) is 83.4 Å². The van der Waals surface area contributed by atoms with E-state index >= 15 is 0 Å². The number of hydrogen-bond donors (Lipinski definition) is 10. The van der Waals surface area contributed by atoms with Crippen LogP contribution in [0.2, 0.25) is 0 Å². The molecule has 4 heterocycles. The molecule has 0 aromatic heterocycles. The van der Waals surface area contributed by atoms with E-state index in [0.29, 0.717) is 0 Å². The molecule has 0 aromatic rings. The van der Waals surface area contributed by atoms with Gasteiger partial charge in [-0.05, 0) is 0 Å². The van der Waals surface area contributed by atoms with Crippen molar-refractivity contribution in [3.8, 4) is 0 Å². The second-order valence-electron chi connectivity index (χ2n) is 14.0. The van der Waals surface area contributed by atoms with Gasteiger partial charge in [0.25, 0.3) is 0 Å². The van der Waals surface area contributed by atoms with Crippen molar-refractivity contribution < 1.29 is 139 Å². The van der Waals surface area contributed by atoms with Crippen LogP contribution in [-0.4, -0.2) is 215 Å². The molecule has 0 aromatic carbocycles. The van der Waals surface area contributed by atoms with Crippen molar-refractivity contribution in [2.75, 3.05) is 19.8 Å². The van der Waals surface area contributed by atoms with E-state index in [2.05, 4.69) is 26.6 Å². The van der Waals surface area contributed by atoms with Crippen LogP contribution in [0.5, 0.6) is 0 Å². The van der Waals surface area contributed by atoms with E-state index in [-0.39, 0.29) is 18.9 Å². The summed E-state index contributed by atoms with van der Waals surface area (Å²) in [7, 11) is -5.46. The van der Waals surface area contributed by atoms with Crippen molar-refractivity contribution in [1.82, 2.24) is 10.6 Å². The average molecular weight is 974 g/mol. The minimum atomic E-state index is -5.46. The number of carboxylic acid groups (broad SMARTS) is 2. The molecule has 4 aliphatic heterocycles. The largest absolute Gasteiger partial charge is 0.691 e.